The summed E-state index contributed by atoms with van der Waals surface area (Å²) in [5, 5.41) is 3.09. The summed E-state index contributed by atoms with van der Waals surface area (Å²) in [5.74, 6) is -0.622. The molecule has 1 aromatic carbocycles. The zero-order chi connectivity index (χ0) is 15.0. The Bertz CT molecular complexity index is 561. The van der Waals surface area contributed by atoms with E-state index in [-0.39, 0.29) is 23.4 Å². The van der Waals surface area contributed by atoms with E-state index in [1.807, 2.05) is 11.8 Å². The predicted octanol–water partition coefficient (Wildman–Crippen LogP) is 2.68. The molecule has 0 spiro atoms. The minimum absolute atomic E-state index is 0.0125. The summed E-state index contributed by atoms with van der Waals surface area (Å²) in [6, 6.07) is 3.81. The summed E-state index contributed by atoms with van der Waals surface area (Å²) in [7, 11) is 0. The molecule has 2 heterocycles. The molecule has 114 valence electrons. The Hall–Kier alpha value is -1.14. The molecule has 2 atom stereocenters. The van der Waals surface area contributed by atoms with Gasteiger partial charge >= 0.3 is 0 Å². The Balaban J connectivity index is 1.83. The minimum Gasteiger partial charge on any atom is -0.320 e. The lowest BCUT2D eigenvalue weighted by molar-refractivity contribution is -0.128. The zero-order valence-electron chi connectivity index (χ0n) is 11.9. The molecule has 2 aliphatic rings. The topological polar surface area (TPSA) is 32.3 Å². The van der Waals surface area contributed by atoms with Gasteiger partial charge in [-0.3, -0.25) is 10.1 Å². The molecule has 0 aromatic heterocycles. The molecule has 2 saturated heterocycles. The number of nitrogens with one attached hydrogen (secondary N) is 1. The van der Waals surface area contributed by atoms with Crippen LogP contribution in [0.2, 0.25) is 0 Å². The first-order valence-electron chi connectivity index (χ1n) is 7.10. The van der Waals surface area contributed by atoms with Gasteiger partial charge in [-0.15, -0.1) is 0 Å². The fourth-order valence-corrected chi connectivity index (χ4v) is 4.32. The van der Waals surface area contributed by atoms with Gasteiger partial charge in [-0.2, -0.15) is 11.8 Å². The van der Waals surface area contributed by atoms with Gasteiger partial charge in [0.1, 0.15) is 6.17 Å². The van der Waals surface area contributed by atoms with E-state index in [0.29, 0.717) is 12.1 Å². The first-order chi connectivity index (χ1) is 9.98. The Labute approximate surface area is 127 Å². The molecule has 1 aromatic rings. The third-order valence-electron chi connectivity index (χ3n) is 4.14. The van der Waals surface area contributed by atoms with Crippen molar-refractivity contribution in [3.63, 3.8) is 0 Å². The van der Waals surface area contributed by atoms with Crippen molar-refractivity contribution in [3.05, 3.63) is 35.4 Å². The van der Waals surface area contributed by atoms with Crippen LogP contribution in [0.1, 0.15) is 31.5 Å². The minimum atomic E-state index is -0.880. The Morgan fingerprint density at radius 3 is 2.90 bits per heavy atom. The normalized spacial score (nSPS) is 29.4. The number of hydrogen-bond donors (Lipinski definition) is 1. The number of hydrogen-bond acceptors (Lipinski definition) is 3. The van der Waals surface area contributed by atoms with E-state index < -0.39 is 11.6 Å². The smallest absolute Gasteiger partial charge is 0.238 e. The first kappa shape index (κ1) is 14.8. The van der Waals surface area contributed by atoms with Gasteiger partial charge in [0, 0.05) is 11.3 Å². The fraction of sp³-hybridized carbons (Fsp3) is 0.533. The van der Waals surface area contributed by atoms with Gasteiger partial charge in [0.15, 0.2) is 11.6 Å². The van der Waals surface area contributed by atoms with Crippen LogP contribution in [-0.2, 0) is 4.79 Å². The van der Waals surface area contributed by atoms with Gasteiger partial charge in [-0.25, -0.2) is 8.78 Å². The van der Waals surface area contributed by atoms with Gasteiger partial charge in [-0.1, -0.05) is 6.07 Å². The van der Waals surface area contributed by atoms with Crippen molar-refractivity contribution in [2.45, 2.75) is 30.7 Å². The van der Waals surface area contributed by atoms with Crippen LogP contribution < -0.4 is 5.32 Å². The van der Waals surface area contributed by atoms with Crippen molar-refractivity contribution >= 4 is 17.7 Å². The Morgan fingerprint density at radius 2 is 2.24 bits per heavy atom. The quantitative estimate of drug-likeness (QED) is 0.931. The molecular formula is C15H18F2N2OS. The Morgan fingerprint density at radius 1 is 1.43 bits per heavy atom. The van der Waals surface area contributed by atoms with Crippen molar-refractivity contribution in [3.8, 4) is 0 Å². The molecule has 2 fully saturated rings. The highest BCUT2D eigenvalue weighted by Crippen LogP contribution is 2.40. The van der Waals surface area contributed by atoms with Crippen molar-refractivity contribution in [2.24, 2.45) is 0 Å². The number of rotatable bonds is 3. The lowest BCUT2D eigenvalue weighted by atomic mass is 10.0. The molecule has 3 nitrogen and oxygen atoms in total. The third-order valence-corrected chi connectivity index (χ3v) is 5.67. The van der Waals surface area contributed by atoms with E-state index in [4.69, 9.17) is 0 Å². The van der Waals surface area contributed by atoms with Gasteiger partial charge in [0.25, 0.3) is 0 Å². The van der Waals surface area contributed by atoms with Crippen LogP contribution in [-0.4, -0.2) is 34.4 Å². The summed E-state index contributed by atoms with van der Waals surface area (Å²) < 4.78 is 26.5. The highest BCUT2D eigenvalue weighted by Gasteiger charge is 2.39. The van der Waals surface area contributed by atoms with E-state index in [0.717, 1.165) is 24.7 Å². The van der Waals surface area contributed by atoms with Gasteiger partial charge < -0.3 is 4.90 Å². The van der Waals surface area contributed by atoms with Crippen LogP contribution in [0.3, 0.4) is 0 Å². The number of benzene rings is 1. The maximum atomic E-state index is 13.4. The van der Waals surface area contributed by atoms with Crippen LogP contribution in [0, 0.1) is 11.6 Å². The molecule has 3 rings (SSSR count). The maximum absolute atomic E-state index is 13.4. The molecule has 21 heavy (non-hydrogen) atoms. The van der Waals surface area contributed by atoms with Gasteiger partial charge in [0.05, 0.1) is 6.54 Å². The highest BCUT2D eigenvalue weighted by atomic mass is 32.2. The number of amides is 1. The molecular weight excluding hydrogens is 294 g/mol. The lowest BCUT2D eigenvalue weighted by Crippen LogP contribution is -2.40. The van der Waals surface area contributed by atoms with Gasteiger partial charge in [-0.05, 0) is 43.2 Å². The largest absolute Gasteiger partial charge is 0.320 e. The van der Waals surface area contributed by atoms with E-state index in [9.17, 15) is 13.6 Å². The molecule has 2 aliphatic heterocycles. The second-order valence-electron chi connectivity index (χ2n) is 5.88. The van der Waals surface area contributed by atoms with E-state index in [2.05, 4.69) is 12.2 Å². The van der Waals surface area contributed by atoms with Crippen molar-refractivity contribution in [1.82, 2.24) is 10.2 Å². The first-order valence-corrected chi connectivity index (χ1v) is 8.09. The van der Waals surface area contributed by atoms with E-state index >= 15 is 0 Å². The summed E-state index contributed by atoms with van der Waals surface area (Å²) in [6.07, 6.45) is 1.86. The number of carbonyl (C=O) groups excluding carboxylic acids is 1. The third kappa shape index (κ3) is 2.92. The molecule has 0 bridgehead atoms. The Kier molecular flexibility index (Phi) is 3.92. The molecule has 0 saturated carbocycles. The molecule has 1 N–H and O–H groups in total. The maximum Gasteiger partial charge on any atom is 0.238 e. The summed E-state index contributed by atoms with van der Waals surface area (Å²) >= 11 is 1.88. The van der Waals surface area contributed by atoms with Crippen LogP contribution in [0.4, 0.5) is 8.78 Å². The fourth-order valence-electron chi connectivity index (χ4n) is 3.02. The molecule has 0 aliphatic carbocycles. The van der Waals surface area contributed by atoms with Crippen molar-refractivity contribution in [1.29, 1.82) is 0 Å². The molecule has 1 amide bonds. The van der Waals surface area contributed by atoms with Gasteiger partial charge in [0.2, 0.25) is 5.91 Å². The summed E-state index contributed by atoms with van der Waals surface area (Å²) in [5.41, 5.74) is 0.589. The zero-order valence-corrected chi connectivity index (χ0v) is 12.7. The van der Waals surface area contributed by atoms with Crippen LogP contribution >= 0.6 is 11.8 Å². The van der Waals surface area contributed by atoms with Crippen LogP contribution in [0.25, 0.3) is 0 Å². The molecule has 0 radical (unpaired) electrons. The van der Waals surface area contributed by atoms with E-state index in [1.165, 1.54) is 12.1 Å². The second kappa shape index (κ2) is 5.57. The van der Waals surface area contributed by atoms with Crippen molar-refractivity contribution < 1.29 is 13.6 Å². The van der Waals surface area contributed by atoms with Crippen LogP contribution in [0.5, 0.6) is 0 Å². The summed E-state index contributed by atoms with van der Waals surface area (Å²) in [4.78, 5) is 13.9. The standard InChI is InChI=1S/C15H18F2N2OS/c1-15(5-2-6-21-15)9-19-13(20)8-18-14(19)10-3-4-11(16)12(17)7-10/h3-4,7,14,18H,2,5-6,8-9H2,1H3. The van der Waals surface area contributed by atoms with Crippen LogP contribution in [0.15, 0.2) is 18.2 Å². The average Bonchev–Trinajstić information content (AvgIpc) is 3.02. The van der Waals surface area contributed by atoms with E-state index in [1.54, 1.807) is 4.90 Å². The average molecular weight is 312 g/mol. The van der Waals surface area contributed by atoms with Crippen molar-refractivity contribution in [2.75, 3.05) is 18.8 Å². The predicted molar refractivity (Wildman–Crippen MR) is 78.9 cm³/mol. The highest BCUT2D eigenvalue weighted by molar-refractivity contribution is 8.00. The number of nitrogens with zero attached hydrogens (tertiary/aromatic N) is 1. The number of halogens is 2. The molecule has 6 heteroatoms. The monoisotopic (exact) mass is 312 g/mol. The number of carbonyl (C=O) groups is 1. The molecule has 2 unspecified atom stereocenters. The second-order valence-corrected chi connectivity index (χ2v) is 7.56. The SMILES string of the molecule is CC1(CN2C(=O)CNC2c2ccc(F)c(F)c2)CCCS1. The number of thioether (sulfide) groups is 1. The lowest BCUT2D eigenvalue weighted by Gasteiger charge is -2.33. The summed E-state index contributed by atoms with van der Waals surface area (Å²) in [6.45, 7) is 3.04.